The fraction of sp³-hybridized carbons (Fsp3) is 0.333. The Kier molecular flexibility index (Phi) is 3.60. The van der Waals surface area contributed by atoms with Crippen molar-refractivity contribution in [3.63, 3.8) is 0 Å². The minimum Gasteiger partial charge on any atom is -0.454 e. The van der Waals surface area contributed by atoms with Crippen LogP contribution in [0.1, 0.15) is 25.8 Å². The summed E-state index contributed by atoms with van der Waals surface area (Å²) in [6.45, 7) is 12.5. The molecule has 1 aliphatic rings. The first-order valence-electron chi connectivity index (χ1n) is 6.12. The zero-order chi connectivity index (χ0) is 13.1. The Morgan fingerprint density at radius 3 is 2.72 bits per heavy atom. The number of fused-ring (bicyclic) bond motifs is 1. The summed E-state index contributed by atoms with van der Waals surface area (Å²) in [6.07, 6.45) is 0.985. The van der Waals surface area contributed by atoms with Crippen molar-refractivity contribution in [1.82, 2.24) is 5.32 Å². The van der Waals surface area contributed by atoms with E-state index in [9.17, 15) is 0 Å². The van der Waals surface area contributed by atoms with E-state index < -0.39 is 0 Å². The van der Waals surface area contributed by atoms with Crippen LogP contribution in [0.2, 0.25) is 0 Å². The quantitative estimate of drug-likeness (QED) is 0.807. The zero-order valence-corrected chi connectivity index (χ0v) is 11.0. The maximum Gasteiger partial charge on any atom is 0.231 e. The standard InChI is InChI=1S/C15H19NO2/c1-5-13(10(2)3)16-11(4)12-6-7-14-15(8-12)18-9-17-14/h6-8,13,16H,2,4-5,9H2,1,3H3. The Bertz CT molecular complexity index is 479. The van der Waals surface area contributed by atoms with Gasteiger partial charge < -0.3 is 14.8 Å². The van der Waals surface area contributed by atoms with Gasteiger partial charge in [-0.3, -0.25) is 0 Å². The lowest BCUT2D eigenvalue weighted by Gasteiger charge is -2.20. The van der Waals surface area contributed by atoms with Crippen LogP contribution in [0.5, 0.6) is 11.5 Å². The van der Waals surface area contributed by atoms with E-state index >= 15 is 0 Å². The third-order valence-corrected chi connectivity index (χ3v) is 3.07. The first kappa shape index (κ1) is 12.6. The smallest absolute Gasteiger partial charge is 0.231 e. The molecule has 0 fully saturated rings. The number of hydrogen-bond donors (Lipinski definition) is 1. The van der Waals surface area contributed by atoms with Crippen molar-refractivity contribution in [2.75, 3.05) is 6.79 Å². The highest BCUT2D eigenvalue weighted by Crippen LogP contribution is 2.33. The summed E-state index contributed by atoms with van der Waals surface area (Å²) in [4.78, 5) is 0. The van der Waals surface area contributed by atoms with E-state index in [0.29, 0.717) is 6.79 Å². The predicted octanol–water partition coefficient (Wildman–Crippen LogP) is 3.33. The summed E-state index contributed by atoms with van der Waals surface area (Å²) in [5.41, 5.74) is 3.00. The molecule has 0 radical (unpaired) electrons. The zero-order valence-electron chi connectivity index (χ0n) is 11.0. The monoisotopic (exact) mass is 245 g/mol. The van der Waals surface area contributed by atoms with E-state index in [2.05, 4.69) is 25.4 Å². The highest BCUT2D eigenvalue weighted by Gasteiger charge is 2.15. The Morgan fingerprint density at radius 1 is 1.33 bits per heavy atom. The molecule has 0 amide bonds. The van der Waals surface area contributed by atoms with Gasteiger partial charge in [0.15, 0.2) is 11.5 Å². The Hall–Kier alpha value is -1.90. The van der Waals surface area contributed by atoms with E-state index in [-0.39, 0.29) is 6.04 Å². The van der Waals surface area contributed by atoms with Crippen LogP contribution < -0.4 is 14.8 Å². The second-order valence-corrected chi connectivity index (χ2v) is 4.50. The molecule has 1 aromatic rings. The molecule has 0 saturated heterocycles. The predicted molar refractivity (Wildman–Crippen MR) is 73.6 cm³/mol. The van der Waals surface area contributed by atoms with E-state index in [0.717, 1.165) is 34.8 Å². The van der Waals surface area contributed by atoms with Crippen molar-refractivity contribution in [2.24, 2.45) is 0 Å². The molecule has 0 spiro atoms. The highest BCUT2D eigenvalue weighted by atomic mass is 16.7. The van der Waals surface area contributed by atoms with E-state index in [1.165, 1.54) is 0 Å². The molecule has 96 valence electrons. The fourth-order valence-electron chi connectivity index (χ4n) is 1.95. The molecule has 2 rings (SSSR count). The lowest BCUT2D eigenvalue weighted by Crippen LogP contribution is -2.27. The van der Waals surface area contributed by atoms with Gasteiger partial charge in [0.05, 0.1) is 0 Å². The minimum absolute atomic E-state index is 0.253. The average molecular weight is 245 g/mol. The molecule has 3 nitrogen and oxygen atoms in total. The van der Waals surface area contributed by atoms with Gasteiger partial charge in [-0.25, -0.2) is 0 Å². The number of rotatable bonds is 5. The summed E-state index contributed by atoms with van der Waals surface area (Å²) in [7, 11) is 0. The normalized spacial score (nSPS) is 14.1. The van der Waals surface area contributed by atoms with Crippen molar-refractivity contribution < 1.29 is 9.47 Å². The van der Waals surface area contributed by atoms with Gasteiger partial charge in [-0.1, -0.05) is 25.7 Å². The lowest BCUT2D eigenvalue weighted by molar-refractivity contribution is 0.174. The number of nitrogens with one attached hydrogen (secondary N) is 1. The molecule has 3 heteroatoms. The van der Waals surface area contributed by atoms with Crippen LogP contribution in [0.15, 0.2) is 36.9 Å². The molecule has 1 unspecified atom stereocenters. The largest absolute Gasteiger partial charge is 0.454 e. The van der Waals surface area contributed by atoms with Gasteiger partial charge in [0, 0.05) is 17.3 Å². The number of hydrogen-bond acceptors (Lipinski definition) is 3. The summed E-state index contributed by atoms with van der Waals surface area (Å²) in [5.74, 6) is 1.57. The third kappa shape index (κ3) is 2.50. The summed E-state index contributed by atoms with van der Waals surface area (Å²) in [6, 6.07) is 6.09. The van der Waals surface area contributed by atoms with Crippen molar-refractivity contribution in [1.29, 1.82) is 0 Å². The van der Waals surface area contributed by atoms with Crippen LogP contribution in [0.3, 0.4) is 0 Å². The molecule has 1 atom stereocenters. The molecular formula is C15H19NO2. The SMILES string of the molecule is C=C(NC(CC)C(=C)C)c1ccc2c(c1)OCO2. The molecule has 1 aromatic carbocycles. The fourth-order valence-corrected chi connectivity index (χ4v) is 1.95. The van der Waals surface area contributed by atoms with Gasteiger partial charge in [-0.05, 0) is 31.5 Å². The number of benzene rings is 1. The second kappa shape index (κ2) is 5.17. The van der Waals surface area contributed by atoms with Crippen LogP contribution in [0.4, 0.5) is 0 Å². The molecule has 1 N–H and O–H groups in total. The van der Waals surface area contributed by atoms with Crippen LogP contribution in [0, 0.1) is 0 Å². The van der Waals surface area contributed by atoms with Crippen LogP contribution >= 0.6 is 0 Å². The van der Waals surface area contributed by atoms with Gasteiger partial charge in [0.2, 0.25) is 6.79 Å². The van der Waals surface area contributed by atoms with Gasteiger partial charge >= 0.3 is 0 Å². The van der Waals surface area contributed by atoms with E-state index in [1.54, 1.807) is 0 Å². The highest BCUT2D eigenvalue weighted by molar-refractivity contribution is 5.65. The first-order valence-corrected chi connectivity index (χ1v) is 6.12. The number of ether oxygens (including phenoxy) is 2. The Morgan fingerprint density at radius 2 is 2.06 bits per heavy atom. The summed E-state index contributed by atoms with van der Waals surface area (Å²) >= 11 is 0. The second-order valence-electron chi connectivity index (χ2n) is 4.50. The summed E-state index contributed by atoms with van der Waals surface area (Å²) < 4.78 is 10.6. The molecule has 0 bridgehead atoms. The molecule has 1 heterocycles. The average Bonchev–Trinajstić information content (AvgIpc) is 2.82. The Labute approximate surface area is 108 Å². The maximum atomic E-state index is 5.36. The van der Waals surface area contributed by atoms with Crippen molar-refractivity contribution in [3.8, 4) is 11.5 Å². The third-order valence-electron chi connectivity index (χ3n) is 3.07. The molecule has 0 saturated carbocycles. The van der Waals surface area contributed by atoms with E-state index in [1.807, 2.05) is 25.1 Å². The van der Waals surface area contributed by atoms with Crippen molar-refractivity contribution >= 4 is 5.70 Å². The van der Waals surface area contributed by atoms with Gasteiger partial charge in [-0.15, -0.1) is 0 Å². The van der Waals surface area contributed by atoms with Gasteiger partial charge in [-0.2, -0.15) is 0 Å². The summed E-state index contributed by atoms with van der Waals surface area (Å²) in [5, 5.41) is 3.38. The van der Waals surface area contributed by atoms with Crippen LogP contribution in [-0.4, -0.2) is 12.8 Å². The minimum atomic E-state index is 0.253. The van der Waals surface area contributed by atoms with Gasteiger partial charge in [0.25, 0.3) is 0 Å². The molecule has 18 heavy (non-hydrogen) atoms. The van der Waals surface area contributed by atoms with Crippen LogP contribution in [0.25, 0.3) is 5.70 Å². The van der Waals surface area contributed by atoms with Crippen molar-refractivity contribution in [2.45, 2.75) is 26.3 Å². The van der Waals surface area contributed by atoms with E-state index in [4.69, 9.17) is 9.47 Å². The molecule has 0 aromatic heterocycles. The first-order chi connectivity index (χ1) is 8.61. The molecule has 0 aliphatic carbocycles. The van der Waals surface area contributed by atoms with Crippen molar-refractivity contribution in [3.05, 3.63) is 42.5 Å². The van der Waals surface area contributed by atoms with Crippen LogP contribution in [-0.2, 0) is 0 Å². The Balaban J connectivity index is 2.12. The molecular weight excluding hydrogens is 226 g/mol. The maximum absolute atomic E-state index is 5.36. The van der Waals surface area contributed by atoms with Gasteiger partial charge in [0.1, 0.15) is 0 Å². The topological polar surface area (TPSA) is 30.5 Å². The lowest BCUT2D eigenvalue weighted by atomic mass is 10.1. The molecule has 1 aliphatic heterocycles.